The van der Waals surface area contributed by atoms with Crippen LogP contribution < -0.4 is 14.8 Å². The van der Waals surface area contributed by atoms with Gasteiger partial charge >= 0.3 is 5.97 Å². The SMILES string of the molecule is COc1cc([C@@H]2N[C@H](c3ccccc3)C(C)(C)OC2=O)c(O)c(OC)c1C. The predicted molar refractivity (Wildman–Crippen MR) is 101 cm³/mol. The first-order valence-corrected chi connectivity index (χ1v) is 8.78. The summed E-state index contributed by atoms with van der Waals surface area (Å²) in [5.41, 5.74) is 1.26. The van der Waals surface area contributed by atoms with Crippen molar-refractivity contribution in [2.45, 2.75) is 38.5 Å². The summed E-state index contributed by atoms with van der Waals surface area (Å²) < 4.78 is 16.5. The van der Waals surface area contributed by atoms with Gasteiger partial charge in [-0.2, -0.15) is 0 Å². The number of carbonyl (C=O) groups excluding carboxylic acids is 1. The van der Waals surface area contributed by atoms with Crippen LogP contribution in [0.2, 0.25) is 0 Å². The topological polar surface area (TPSA) is 77.0 Å². The average Bonchev–Trinajstić information content (AvgIpc) is 2.63. The largest absolute Gasteiger partial charge is 0.504 e. The summed E-state index contributed by atoms with van der Waals surface area (Å²) in [5.74, 6) is 0.239. The lowest BCUT2D eigenvalue weighted by Gasteiger charge is -2.42. The van der Waals surface area contributed by atoms with Crippen LogP contribution in [0.4, 0.5) is 0 Å². The third-order valence-corrected chi connectivity index (χ3v) is 4.98. The minimum absolute atomic E-state index is 0.100. The highest BCUT2D eigenvalue weighted by molar-refractivity contribution is 5.81. The molecule has 2 N–H and O–H groups in total. The number of benzene rings is 2. The van der Waals surface area contributed by atoms with E-state index in [1.165, 1.54) is 14.2 Å². The van der Waals surface area contributed by atoms with Crippen molar-refractivity contribution in [1.82, 2.24) is 5.32 Å². The van der Waals surface area contributed by atoms with Gasteiger partial charge in [-0.15, -0.1) is 0 Å². The Labute approximate surface area is 159 Å². The molecule has 6 nitrogen and oxygen atoms in total. The molecule has 0 spiro atoms. The van der Waals surface area contributed by atoms with Crippen LogP contribution in [-0.4, -0.2) is 30.9 Å². The third kappa shape index (κ3) is 3.32. The summed E-state index contributed by atoms with van der Waals surface area (Å²) in [5, 5.41) is 14.1. The van der Waals surface area contributed by atoms with Crippen molar-refractivity contribution in [3.8, 4) is 17.2 Å². The Hall–Kier alpha value is -2.73. The van der Waals surface area contributed by atoms with Crippen molar-refractivity contribution in [3.63, 3.8) is 0 Å². The van der Waals surface area contributed by atoms with Gasteiger partial charge in [0.05, 0.1) is 20.3 Å². The highest BCUT2D eigenvalue weighted by atomic mass is 16.6. The van der Waals surface area contributed by atoms with Gasteiger partial charge in [0.15, 0.2) is 11.5 Å². The van der Waals surface area contributed by atoms with Gasteiger partial charge in [0.25, 0.3) is 0 Å². The summed E-state index contributed by atoms with van der Waals surface area (Å²) in [6.45, 7) is 5.51. The molecule has 0 saturated carbocycles. The number of cyclic esters (lactones) is 1. The molecule has 1 fully saturated rings. The Balaban J connectivity index is 2.08. The standard InChI is InChI=1S/C21H25NO5/c1-12-15(25-4)11-14(17(23)18(12)26-5)16-20(24)27-21(2,3)19(22-16)13-9-7-6-8-10-13/h6-11,16,19,22-23H,1-5H3/t16-,19+/m0/s1. The molecule has 2 atom stereocenters. The summed E-state index contributed by atoms with van der Waals surface area (Å²) in [7, 11) is 3.00. The molecule has 0 amide bonds. The van der Waals surface area contributed by atoms with Gasteiger partial charge in [0.2, 0.25) is 0 Å². The maximum absolute atomic E-state index is 12.7. The van der Waals surface area contributed by atoms with E-state index >= 15 is 0 Å². The molecule has 0 aromatic heterocycles. The van der Waals surface area contributed by atoms with Gasteiger partial charge in [-0.1, -0.05) is 30.3 Å². The first-order chi connectivity index (χ1) is 12.8. The van der Waals surface area contributed by atoms with Crippen LogP contribution in [0.3, 0.4) is 0 Å². The zero-order valence-corrected chi connectivity index (χ0v) is 16.2. The highest BCUT2D eigenvalue weighted by Crippen LogP contribution is 2.45. The van der Waals surface area contributed by atoms with Crippen molar-refractivity contribution in [3.05, 3.63) is 53.1 Å². The van der Waals surface area contributed by atoms with E-state index in [0.29, 0.717) is 16.9 Å². The second kappa shape index (κ2) is 7.12. The molecular weight excluding hydrogens is 346 g/mol. The lowest BCUT2D eigenvalue weighted by molar-refractivity contribution is -0.172. The molecule has 0 bridgehead atoms. The van der Waals surface area contributed by atoms with Crippen LogP contribution in [0.1, 0.15) is 42.6 Å². The van der Waals surface area contributed by atoms with E-state index in [4.69, 9.17) is 14.2 Å². The Morgan fingerprint density at radius 2 is 1.81 bits per heavy atom. The Kier molecular flexibility index (Phi) is 5.02. The van der Waals surface area contributed by atoms with Crippen molar-refractivity contribution in [1.29, 1.82) is 0 Å². The molecule has 2 aromatic carbocycles. The number of esters is 1. The molecule has 1 heterocycles. The number of nitrogens with one attached hydrogen (secondary N) is 1. The minimum Gasteiger partial charge on any atom is -0.504 e. The van der Waals surface area contributed by atoms with E-state index in [1.54, 1.807) is 13.0 Å². The van der Waals surface area contributed by atoms with E-state index in [0.717, 1.165) is 5.56 Å². The summed E-state index contributed by atoms with van der Waals surface area (Å²) in [6.07, 6.45) is 0. The van der Waals surface area contributed by atoms with Crippen molar-refractivity contribution < 1.29 is 24.1 Å². The number of phenolic OH excluding ortho intramolecular Hbond substituents is 1. The first kappa shape index (κ1) is 19.0. The summed E-state index contributed by atoms with van der Waals surface area (Å²) >= 11 is 0. The van der Waals surface area contributed by atoms with Gasteiger partial charge in [0, 0.05) is 11.1 Å². The fraction of sp³-hybridized carbons (Fsp3) is 0.381. The molecule has 3 rings (SSSR count). The third-order valence-electron chi connectivity index (χ3n) is 4.98. The lowest BCUT2D eigenvalue weighted by Crippen LogP contribution is -2.52. The zero-order chi connectivity index (χ0) is 19.8. The number of morpholine rings is 1. The normalized spacial score (nSPS) is 21.4. The van der Waals surface area contributed by atoms with E-state index in [9.17, 15) is 9.90 Å². The van der Waals surface area contributed by atoms with Gasteiger partial charge < -0.3 is 19.3 Å². The second-order valence-electron chi connectivity index (χ2n) is 7.14. The maximum Gasteiger partial charge on any atom is 0.328 e. The molecule has 2 aromatic rings. The number of hydrogen-bond acceptors (Lipinski definition) is 6. The van der Waals surface area contributed by atoms with Gasteiger partial charge in [-0.3, -0.25) is 5.32 Å². The summed E-state index contributed by atoms with van der Waals surface area (Å²) in [4.78, 5) is 12.7. The Morgan fingerprint density at radius 1 is 1.15 bits per heavy atom. The number of methoxy groups -OCH3 is 2. The molecule has 144 valence electrons. The van der Waals surface area contributed by atoms with Crippen LogP contribution in [-0.2, 0) is 9.53 Å². The van der Waals surface area contributed by atoms with Crippen LogP contribution in [0.15, 0.2) is 36.4 Å². The van der Waals surface area contributed by atoms with E-state index in [-0.39, 0.29) is 17.5 Å². The number of ether oxygens (including phenoxy) is 3. The first-order valence-electron chi connectivity index (χ1n) is 8.78. The summed E-state index contributed by atoms with van der Waals surface area (Å²) in [6, 6.07) is 10.3. The van der Waals surface area contributed by atoms with Crippen molar-refractivity contribution in [2.24, 2.45) is 0 Å². The van der Waals surface area contributed by atoms with Crippen LogP contribution in [0, 0.1) is 6.92 Å². The fourth-order valence-electron chi connectivity index (χ4n) is 3.59. The molecule has 0 aliphatic carbocycles. The highest BCUT2D eigenvalue weighted by Gasteiger charge is 2.45. The molecule has 0 unspecified atom stereocenters. The van der Waals surface area contributed by atoms with Gasteiger partial charge in [0.1, 0.15) is 17.4 Å². The molecule has 1 aliphatic heterocycles. The minimum atomic E-state index is -0.855. The maximum atomic E-state index is 12.7. The van der Waals surface area contributed by atoms with E-state index < -0.39 is 17.6 Å². The predicted octanol–water partition coefficient (Wildman–Crippen LogP) is 3.43. The van der Waals surface area contributed by atoms with Gasteiger partial charge in [-0.25, -0.2) is 4.79 Å². The van der Waals surface area contributed by atoms with Gasteiger partial charge in [-0.05, 0) is 32.4 Å². The number of hydrogen-bond donors (Lipinski definition) is 2. The van der Waals surface area contributed by atoms with E-state index in [1.807, 2.05) is 44.2 Å². The van der Waals surface area contributed by atoms with Crippen LogP contribution in [0.25, 0.3) is 0 Å². The molecule has 0 radical (unpaired) electrons. The molecule has 27 heavy (non-hydrogen) atoms. The average molecular weight is 371 g/mol. The number of phenols is 1. The number of carbonyl (C=O) groups is 1. The number of rotatable bonds is 4. The quantitative estimate of drug-likeness (QED) is 0.802. The van der Waals surface area contributed by atoms with Crippen molar-refractivity contribution in [2.75, 3.05) is 14.2 Å². The van der Waals surface area contributed by atoms with Crippen molar-refractivity contribution >= 4 is 5.97 Å². The van der Waals surface area contributed by atoms with E-state index in [2.05, 4.69) is 5.32 Å². The fourth-order valence-corrected chi connectivity index (χ4v) is 3.59. The molecular formula is C21H25NO5. The molecule has 6 heteroatoms. The lowest BCUT2D eigenvalue weighted by atomic mass is 9.87. The molecule has 1 saturated heterocycles. The van der Waals surface area contributed by atoms with Crippen LogP contribution in [0.5, 0.6) is 17.2 Å². The Morgan fingerprint density at radius 3 is 2.41 bits per heavy atom. The monoisotopic (exact) mass is 371 g/mol. The van der Waals surface area contributed by atoms with Crippen LogP contribution >= 0.6 is 0 Å². The smallest absolute Gasteiger partial charge is 0.328 e. The second-order valence-corrected chi connectivity index (χ2v) is 7.14. The zero-order valence-electron chi connectivity index (χ0n) is 16.2. The molecule has 1 aliphatic rings. The Bertz CT molecular complexity index is 847. The number of aromatic hydroxyl groups is 1.